The predicted octanol–water partition coefficient (Wildman–Crippen LogP) is 1.55. The summed E-state index contributed by atoms with van der Waals surface area (Å²) < 4.78 is 0. The molecule has 3 nitrogen and oxygen atoms in total. The highest BCUT2D eigenvalue weighted by Gasteiger charge is 2.25. The van der Waals surface area contributed by atoms with Crippen molar-refractivity contribution in [2.45, 2.75) is 32.6 Å². The summed E-state index contributed by atoms with van der Waals surface area (Å²) in [5.74, 6) is 0.384. The molecule has 1 aliphatic rings. The van der Waals surface area contributed by atoms with Gasteiger partial charge < -0.3 is 4.90 Å². The minimum absolute atomic E-state index is 0.182. The Morgan fingerprint density at radius 2 is 2.15 bits per heavy atom. The Kier molecular flexibility index (Phi) is 3.75. The molecule has 1 amide bonds. The molecule has 72 valence electrons. The molecule has 1 aliphatic carbocycles. The van der Waals surface area contributed by atoms with Crippen LogP contribution in [0.4, 0.5) is 0 Å². The minimum Gasteiger partial charge on any atom is -0.329 e. The molecule has 0 unspecified atom stereocenters. The molecule has 0 aliphatic heterocycles. The van der Waals surface area contributed by atoms with Crippen molar-refractivity contribution < 1.29 is 4.79 Å². The van der Waals surface area contributed by atoms with Gasteiger partial charge in [0.05, 0.1) is 6.07 Å². The van der Waals surface area contributed by atoms with Crippen LogP contribution in [-0.2, 0) is 4.79 Å². The lowest BCUT2D eigenvalue weighted by atomic mass is 10.1. The molecule has 0 bridgehead atoms. The van der Waals surface area contributed by atoms with Crippen molar-refractivity contribution in [3.63, 3.8) is 0 Å². The minimum atomic E-state index is 0.182. The Balaban J connectivity index is 2.48. The largest absolute Gasteiger partial charge is 0.329 e. The second-order valence-corrected chi connectivity index (χ2v) is 3.49. The van der Waals surface area contributed by atoms with Crippen LogP contribution >= 0.6 is 0 Å². The van der Waals surface area contributed by atoms with E-state index in [0.717, 1.165) is 12.8 Å². The standard InChI is InChI=1S/C10H16N2O/c1-2-12(8-7-11)10(13)9-5-3-4-6-9/h9H,2-6,8H2,1H3. The van der Waals surface area contributed by atoms with E-state index in [1.54, 1.807) is 4.90 Å². The van der Waals surface area contributed by atoms with E-state index in [-0.39, 0.29) is 18.4 Å². The van der Waals surface area contributed by atoms with Crippen LogP contribution in [0.5, 0.6) is 0 Å². The molecule has 0 heterocycles. The first-order valence-electron chi connectivity index (χ1n) is 4.95. The van der Waals surface area contributed by atoms with Crippen LogP contribution in [-0.4, -0.2) is 23.9 Å². The fraction of sp³-hybridized carbons (Fsp3) is 0.800. The summed E-state index contributed by atoms with van der Waals surface area (Å²) in [6.45, 7) is 2.82. The quantitative estimate of drug-likeness (QED) is 0.618. The summed E-state index contributed by atoms with van der Waals surface area (Å²) >= 11 is 0. The number of hydrogen-bond acceptors (Lipinski definition) is 2. The van der Waals surface area contributed by atoms with Crippen LogP contribution in [0.15, 0.2) is 0 Å². The molecule has 1 rings (SSSR count). The fourth-order valence-electron chi connectivity index (χ4n) is 1.86. The van der Waals surface area contributed by atoms with Gasteiger partial charge in [-0.1, -0.05) is 12.8 Å². The van der Waals surface area contributed by atoms with Crippen molar-refractivity contribution in [3.05, 3.63) is 0 Å². The van der Waals surface area contributed by atoms with Gasteiger partial charge in [-0.25, -0.2) is 0 Å². The Bertz CT molecular complexity index is 213. The maximum absolute atomic E-state index is 11.7. The molecular formula is C10H16N2O. The van der Waals surface area contributed by atoms with E-state index < -0.39 is 0 Å². The summed E-state index contributed by atoms with van der Waals surface area (Å²) in [5.41, 5.74) is 0. The normalized spacial score (nSPS) is 16.9. The fourth-order valence-corrected chi connectivity index (χ4v) is 1.86. The second-order valence-electron chi connectivity index (χ2n) is 3.49. The van der Waals surface area contributed by atoms with Gasteiger partial charge >= 0.3 is 0 Å². The van der Waals surface area contributed by atoms with Gasteiger partial charge in [0, 0.05) is 12.5 Å². The van der Waals surface area contributed by atoms with Gasteiger partial charge in [-0.2, -0.15) is 5.26 Å². The molecule has 0 atom stereocenters. The van der Waals surface area contributed by atoms with Crippen molar-refractivity contribution >= 4 is 5.91 Å². The number of hydrogen-bond donors (Lipinski definition) is 0. The number of nitriles is 1. The SMILES string of the molecule is CCN(CC#N)C(=O)C1CCCC1. The zero-order valence-electron chi connectivity index (χ0n) is 8.12. The maximum atomic E-state index is 11.7. The lowest BCUT2D eigenvalue weighted by molar-refractivity contribution is -0.134. The molecule has 0 radical (unpaired) electrons. The van der Waals surface area contributed by atoms with Gasteiger partial charge in [0.15, 0.2) is 0 Å². The molecule has 0 saturated heterocycles. The average molecular weight is 180 g/mol. The number of carbonyl (C=O) groups is 1. The first-order valence-corrected chi connectivity index (χ1v) is 4.95. The van der Waals surface area contributed by atoms with Crippen LogP contribution < -0.4 is 0 Å². The van der Waals surface area contributed by atoms with Crippen LogP contribution in [0.1, 0.15) is 32.6 Å². The smallest absolute Gasteiger partial charge is 0.226 e. The zero-order valence-corrected chi connectivity index (χ0v) is 8.12. The van der Waals surface area contributed by atoms with Gasteiger partial charge in [-0.15, -0.1) is 0 Å². The van der Waals surface area contributed by atoms with Gasteiger partial charge in [0.25, 0.3) is 0 Å². The summed E-state index contributed by atoms with van der Waals surface area (Å²) in [6.07, 6.45) is 4.36. The molecule has 0 aromatic rings. The molecule has 0 aromatic carbocycles. The summed E-state index contributed by atoms with van der Waals surface area (Å²) in [5, 5.41) is 8.52. The highest BCUT2D eigenvalue weighted by Crippen LogP contribution is 2.26. The summed E-state index contributed by atoms with van der Waals surface area (Å²) in [7, 11) is 0. The number of carbonyl (C=O) groups excluding carboxylic acids is 1. The Morgan fingerprint density at radius 3 is 2.62 bits per heavy atom. The summed E-state index contributed by atoms with van der Waals surface area (Å²) in [4.78, 5) is 13.4. The molecule has 0 N–H and O–H groups in total. The molecule has 13 heavy (non-hydrogen) atoms. The topological polar surface area (TPSA) is 44.1 Å². The van der Waals surface area contributed by atoms with Crippen LogP contribution in [0.25, 0.3) is 0 Å². The van der Waals surface area contributed by atoms with Crippen molar-refractivity contribution in [3.8, 4) is 6.07 Å². The summed E-state index contributed by atoms with van der Waals surface area (Å²) in [6, 6.07) is 2.03. The first-order chi connectivity index (χ1) is 6.29. The third-order valence-corrected chi connectivity index (χ3v) is 2.66. The lowest BCUT2D eigenvalue weighted by Crippen LogP contribution is -2.35. The van der Waals surface area contributed by atoms with E-state index in [9.17, 15) is 4.79 Å². The predicted molar refractivity (Wildman–Crippen MR) is 49.8 cm³/mol. The van der Waals surface area contributed by atoms with Gasteiger partial charge in [-0.05, 0) is 19.8 Å². The Labute approximate surface area is 79.3 Å². The Morgan fingerprint density at radius 1 is 1.54 bits per heavy atom. The number of amides is 1. The molecule has 1 saturated carbocycles. The van der Waals surface area contributed by atoms with E-state index in [2.05, 4.69) is 0 Å². The highest BCUT2D eigenvalue weighted by molar-refractivity contribution is 5.79. The van der Waals surface area contributed by atoms with Crippen molar-refractivity contribution in [1.82, 2.24) is 4.90 Å². The van der Waals surface area contributed by atoms with E-state index in [1.165, 1.54) is 12.8 Å². The van der Waals surface area contributed by atoms with E-state index in [1.807, 2.05) is 13.0 Å². The molecule has 0 aromatic heterocycles. The number of rotatable bonds is 3. The molecule has 1 fully saturated rings. The molecular weight excluding hydrogens is 164 g/mol. The van der Waals surface area contributed by atoms with E-state index in [0.29, 0.717) is 6.54 Å². The van der Waals surface area contributed by atoms with Crippen LogP contribution in [0.2, 0.25) is 0 Å². The van der Waals surface area contributed by atoms with Crippen LogP contribution in [0.3, 0.4) is 0 Å². The molecule has 0 spiro atoms. The third-order valence-electron chi connectivity index (χ3n) is 2.66. The molecule has 3 heteroatoms. The third kappa shape index (κ3) is 2.45. The Hall–Kier alpha value is -1.04. The maximum Gasteiger partial charge on any atom is 0.226 e. The van der Waals surface area contributed by atoms with E-state index >= 15 is 0 Å². The zero-order chi connectivity index (χ0) is 9.68. The second kappa shape index (κ2) is 4.86. The van der Waals surface area contributed by atoms with Gasteiger partial charge in [0.1, 0.15) is 6.54 Å². The van der Waals surface area contributed by atoms with Gasteiger partial charge in [-0.3, -0.25) is 4.79 Å². The van der Waals surface area contributed by atoms with Crippen molar-refractivity contribution in [1.29, 1.82) is 5.26 Å². The van der Waals surface area contributed by atoms with Crippen molar-refractivity contribution in [2.75, 3.05) is 13.1 Å². The lowest BCUT2D eigenvalue weighted by Gasteiger charge is -2.20. The van der Waals surface area contributed by atoms with E-state index in [4.69, 9.17) is 5.26 Å². The number of nitrogens with zero attached hydrogens (tertiary/aromatic N) is 2. The average Bonchev–Trinajstić information content (AvgIpc) is 2.65. The monoisotopic (exact) mass is 180 g/mol. The van der Waals surface area contributed by atoms with Crippen LogP contribution in [0, 0.1) is 17.2 Å². The highest BCUT2D eigenvalue weighted by atomic mass is 16.2. The van der Waals surface area contributed by atoms with Crippen molar-refractivity contribution in [2.24, 2.45) is 5.92 Å². The van der Waals surface area contributed by atoms with Gasteiger partial charge in [0.2, 0.25) is 5.91 Å². The first kappa shape index (κ1) is 10.0.